The van der Waals surface area contributed by atoms with Gasteiger partial charge in [-0.1, -0.05) is 30.3 Å². The minimum Gasteiger partial charge on any atom is -0.381 e. The highest BCUT2D eigenvalue weighted by Gasteiger charge is 2.41. The summed E-state index contributed by atoms with van der Waals surface area (Å²) in [6.45, 7) is 2.48. The fourth-order valence-electron chi connectivity index (χ4n) is 5.17. The maximum atomic E-state index is 13.4. The van der Waals surface area contributed by atoms with Gasteiger partial charge in [-0.05, 0) is 56.2 Å². The molecule has 2 aromatic heterocycles. The molecule has 2 aliphatic rings. The lowest BCUT2D eigenvalue weighted by molar-refractivity contribution is -0.130. The van der Waals surface area contributed by atoms with Crippen molar-refractivity contribution >= 4 is 5.91 Å². The van der Waals surface area contributed by atoms with Gasteiger partial charge in [-0.2, -0.15) is 5.10 Å². The Balaban J connectivity index is 1.33. The zero-order chi connectivity index (χ0) is 21.8. The number of benzene rings is 1. The molecule has 0 atom stereocenters. The fourth-order valence-corrected chi connectivity index (χ4v) is 5.17. The monoisotopic (exact) mass is 430 g/mol. The number of pyridine rings is 1. The second kappa shape index (κ2) is 9.25. The van der Waals surface area contributed by atoms with E-state index in [1.54, 1.807) is 0 Å². The summed E-state index contributed by atoms with van der Waals surface area (Å²) in [5, 5.41) is 8.20. The summed E-state index contributed by atoms with van der Waals surface area (Å²) in [5.41, 5.74) is 5.44. The summed E-state index contributed by atoms with van der Waals surface area (Å²) in [7, 11) is 0. The van der Waals surface area contributed by atoms with E-state index in [0.29, 0.717) is 39.1 Å². The molecule has 0 saturated carbocycles. The number of amides is 1. The number of nitrogens with one attached hydrogen (secondary N) is 1. The molecular formula is C26H30N4O2. The van der Waals surface area contributed by atoms with Gasteiger partial charge in [0, 0.05) is 49.0 Å². The molecule has 1 aliphatic carbocycles. The molecule has 0 spiro atoms. The lowest BCUT2D eigenvalue weighted by atomic mass is 9.73. The third-order valence-corrected chi connectivity index (χ3v) is 6.93. The van der Waals surface area contributed by atoms with Crippen LogP contribution in [0.15, 0.2) is 54.9 Å². The first kappa shape index (κ1) is 20.9. The third-order valence-electron chi connectivity index (χ3n) is 6.93. The molecule has 166 valence electrons. The predicted octanol–water partition coefficient (Wildman–Crippen LogP) is 3.69. The lowest BCUT2D eigenvalue weighted by Gasteiger charge is -2.36. The average molecular weight is 431 g/mol. The molecule has 3 aromatic rings. The highest BCUT2D eigenvalue weighted by atomic mass is 16.5. The first-order valence-corrected chi connectivity index (χ1v) is 11.7. The highest BCUT2D eigenvalue weighted by Crippen LogP contribution is 2.35. The van der Waals surface area contributed by atoms with Gasteiger partial charge in [0.05, 0.1) is 17.7 Å². The average Bonchev–Trinajstić information content (AvgIpc) is 3.24. The van der Waals surface area contributed by atoms with E-state index < -0.39 is 5.41 Å². The Labute approximate surface area is 189 Å². The predicted molar refractivity (Wildman–Crippen MR) is 123 cm³/mol. The fraction of sp³-hybridized carbons (Fsp3) is 0.423. The van der Waals surface area contributed by atoms with Gasteiger partial charge in [0.15, 0.2) is 0 Å². The summed E-state index contributed by atoms with van der Waals surface area (Å²) in [6, 6.07) is 14.2. The molecule has 3 heterocycles. The van der Waals surface area contributed by atoms with Crippen molar-refractivity contribution < 1.29 is 9.53 Å². The van der Waals surface area contributed by atoms with Crippen LogP contribution in [-0.4, -0.2) is 40.4 Å². The van der Waals surface area contributed by atoms with Gasteiger partial charge < -0.3 is 10.1 Å². The SMILES string of the molecule is O=C(NCCn1nc(-c2ccncc2)c2c1CCCC2)C1(c2ccccc2)CCOCC1. The summed E-state index contributed by atoms with van der Waals surface area (Å²) < 4.78 is 7.69. The zero-order valence-corrected chi connectivity index (χ0v) is 18.4. The molecule has 1 amide bonds. The van der Waals surface area contributed by atoms with Crippen LogP contribution < -0.4 is 5.32 Å². The van der Waals surface area contributed by atoms with E-state index in [0.717, 1.165) is 29.7 Å². The van der Waals surface area contributed by atoms with Crippen molar-refractivity contribution in [2.75, 3.05) is 19.8 Å². The number of carbonyl (C=O) groups is 1. The normalized spacial score (nSPS) is 17.5. The van der Waals surface area contributed by atoms with Crippen LogP contribution in [0.25, 0.3) is 11.3 Å². The molecule has 1 fully saturated rings. The van der Waals surface area contributed by atoms with E-state index >= 15 is 0 Å². The molecule has 32 heavy (non-hydrogen) atoms. The van der Waals surface area contributed by atoms with Crippen molar-refractivity contribution in [1.82, 2.24) is 20.1 Å². The van der Waals surface area contributed by atoms with Gasteiger partial charge in [-0.25, -0.2) is 0 Å². The maximum Gasteiger partial charge on any atom is 0.230 e. The van der Waals surface area contributed by atoms with Crippen LogP contribution in [-0.2, 0) is 34.3 Å². The molecular weight excluding hydrogens is 400 g/mol. The first-order valence-electron chi connectivity index (χ1n) is 11.7. The first-order chi connectivity index (χ1) is 15.8. The van der Waals surface area contributed by atoms with E-state index in [2.05, 4.69) is 27.1 Å². The van der Waals surface area contributed by atoms with Gasteiger partial charge in [-0.3, -0.25) is 14.5 Å². The Morgan fingerprint density at radius 2 is 1.78 bits per heavy atom. The zero-order valence-electron chi connectivity index (χ0n) is 18.4. The minimum absolute atomic E-state index is 0.0994. The number of ether oxygens (including phenoxy) is 1. The number of aromatic nitrogens is 3. The van der Waals surface area contributed by atoms with Crippen molar-refractivity contribution in [3.05, 3.63) is 71.7 Å². The van der Waals surface area contributed by atoms with Crippen LogP contribution in [0.4, 0.5) is 0 Å². The van der Waals surface area contributed by atoms with Crippen LogP contribution >= 0.6 is 0 Å². The number of carbonyl (C=O) groups excluding carboxylic acids is 1. The molecule has 0 bridgehead atoms. The minimum atomic E-state index is -0.509. The third kappa shape index (κ3) is 3.95. The number of rotatable bonds is 6. The quantitative estimate of drug-likeness (QED) is 0.648. The Kier molecular flexibility index (Phi) is 6.04. The number of hydrogen-bond donors (Lipinski definition) is 1. The van der Waals surface area contributed by atoms with Crippen molar-refractivity contribution in [3.63, 3.8) is 0 Å². The summed E-state index contributed by atoms with van der Waals surface area (Å²) in [4.78, 5) is 17.6. The van der Waals surface area contributed by atoms with E-state index in [1.807, 2.05) is 42.7 Å². The lowest BCUT2D eigenvalue weighted by Crippen LogP contribution is -2.48. The van der Waals surface area contributed by atoms with E-state index in [9.17, 15) is 4.79 Å². The molecule has 1 saturated heterocycles. The second-order valence-electron chi connectivity index (χ2n) is 8.76. The van der Waals surface area contributed by atoms with Crippen molar-refractivity contribution in [1.29, 1.82) is 0 Å². The van der Waals surface area contributed by atoms with Crippen LogP contribution in [0.5, 0.6) is 0 Å². The van der Waals surface area contributed by atoms with Gasteiger partial charge in [-0.15, -0.1) is 0 Å². The smallest absolute Gasteiger partial charge is 0.230 e. The largest absolute Gasteiger partial charge is 0.381 e. The van der Waals surface area contributed by atoms with Crippen LogP contribution in [0.1, 0.15) is 42.5 Å². The molecule has 1 aromatic carbocycles. The van der Waals surface area contributed by atoms with Gasteiger partial charge in [0.25, 0.3) is 0 Å². The molecule has 1 N–H and O–H groups in total. The standard InChI is InChI=1S/C26H30N4O2/c31-25(26(12-18-32-19-13-26)21-6-2-1-3-7-21)28-16-17-30-23-9-5-4-8-22(23)24(29-30)20-10-14-27-15-11-20/h1-3,6-7,10-11,14-15H,4-5,8-9,12-13,16-19H2,(H,28,31). The van der Waals surface area contributed by atoms with E-state index in [1.165, 1.54) is 24.1 Å². The molecule has 1 aliphatic heterocycles. The topological polar surface area (TPSA) is 69.0 Å². The van der Waals surface area contributed by atoms with Crippen molar-refractivity contribution in [2.45, 2.75) is 50.5 Å². The molecule has 0 unspecified atom stereocenters. The molecule has 5 rings (SSSR count). The number of hydrogen-bond acceptors (Lipinski definition) is 4. The second-order valence-corrected chi connectivity index (χ2v) is 8.76. The summed E-state index contributed by atoms with van der Waals surface area (Å²) in [6.07, 6.45) is 9.58. The van der Waals surface area contributed by atoms with E-state index in [4.69, 9.17) is 9.84 Å². The molecule has 6 heteroatoms. The Morgan fingerprint density at radius 3 is 2.56 bits per heavy atom. The highest BCUT2D eigenvalue weighted by molar-refractivity contribution is 5.88. The summed E-state index contributed by atoms with van der Waals surface area (Å²) in [5.74, 6) is 0.0994. The van der Waals surface area contributed by atoms with Gasteiger partial charge in [0.2, 0.25) is 5.91 Å². The molecule has 6 nitrogen and oxygen atoms in total. The van der Waals surface area contributed by atoms with Crippen LogP contribution in [0.2, 0.25) is 0 Å². The van der Waals surface area contributed by atoms with Crippen molar-refractivity contribution in [3.8, 4) is 11.3 Å². The Hall–Kier alpha value is -2.99. The van der Waals surface area contributed by atoms with E-state index in [-0.39, 0.29) is 5.91 Å². The van der Waals surface area contributed by atoms with Gasteiger partial charge >= 0.3 is 0 Å². The maximum absolute atomic E-state index is 13.4. The Bertz CT molecular complexity index is 1060. The van der Waals surface area contributed by atoms with Gasteiger partial charge in [0.1, 0.15) is 0 Å². The number of fused-ring (bicyclic) bond motifs is 1. The molecule has 0 radical (unpaired) electrons. The van der Waals surface area contributed by atoms with Crippen LogP contribution in [0, 0.1) is 0 Å². The summed E-state index contributed by atoms with van der Waals surface area (Å²) >= 11 is 0. The van der Waals surface area contributed by atoms with Crippen LogP contribution in [0.3, 0.4) is 0 Å². The Morgan fingerprint density at radius 1 is 1.03 bits per heavy atom. The number of nitrogens with zero attached hydrogens (tertiary/aromatic N) is 3. The van der Waals surface area contributed by atoms with Crippen molar-refractivity contribution in [2.24, 2.45) is 0 Å².